The molecule has 1 fully saturated rings. The normalized spacial score (nSPS) is 17.7. The molecule has 0 saturated carbocycles. The molecule has 2 aromatic carbocycles. The summed E-state index contributed by atoms with van der Waals surface area (Å²) in [4.78, 5) is 2.12. The maximum absolute atomic E-state index is 13.2. The Hall–Kier alpha value is -1.92. The molecule has 0 bridgehead atoms. The predicted molar refractivity (Wildman–Crippen MR) is 84.1 cm³/mol. The van der Waals surface area contributed by atoms with E-state index in [2.05, 4.69) is 10.2 Å². The number of benzene rings is 2. The van der Waals surface area contributed by atoms with E-state index in [9.17, 15) is 17.6 Å². The van der Waals surface area contributed by atoms with Crippen molar-refractivity contribution in [3.8, 4) is 0 Å². The average Bonchev–Trinajstić information content (AvgIpc) is 2.57. The standard InChI is InChI=1S/C18H18F4N2/c19-16-6-4-13(5-7-16)17(24-10-8-23-9-11-24)14-2-1-3-15(12-14)18(20,21)22/h1-7,12,17,23H,8-11H2. The first-order valence-corrected chi connectivity index (χ1v) is 7.82. The fourth-order valence-electron chi connectivity index (χ4n) is 3.08. The summed E-state index contributed by atoms with van der Waals surface area (Å²) in [6, 6.07) is 11.0. The number of alkyl halides is 3. The van der Waals surface area contributed by atoms with Crippen LogP contribution in [0.3, 0.4) is 0 Å². The first kappa shape index (κ1) is 16.9. The Bertz CT molecular complexity index is 676. The topological polar surface area (TPSA) is 15.3 Å². The van der Waals surface area contributed by atoms with Crippen LogP contribution in [0.1, 0.15) is 22.7 Å². The van der Waals surface area contributed by atoms with Gasteiger partial charge in [0.1, 0.15) is 5.82 Å². The highest BCUT2D eigenvalue weighted by molar-refractivity contribution is 5.35. The third kappa shape index (κ3) is 3.76. The van der Waals surface area contributed by atoms with Crippen LogP contribution in [-0.2, 0) is 6.18 Å². The molecule has 1 unspecified atom stereocenters. The van der Waals surface area contributed by atoms with Crippen molar-refractivity contribution >= 4 is 0 Å². The van der Waals surface area contributed by atoms with Gasteiger partial charge in [0, 0.05) is 26.2 Å². The minimum absolute atomic E-state index is 0.324. The first-order valence-electron chi connectivity index (χ1n) is 7.82. The van der Waals surface area contributed by atoms with Gasteiger partial charge >= 0.3 is 6.18 Å². The zero-order valence-electron chi connectivity index (χ0n) is 13.0. The maximum atomic E-state index is 13.2. The molecule has 0 aliphatic carbocycles. The second-order valence-electron chi connectivity index (χ2n) is 5.86. The molecule has 2 aromatic rings. The van der Waals surface area contributed by atoms with E-state index in [-0.39, 0.29) is 11.9 Å². The number of piperazine rings is 1. The van der Waals surface area contributed by atoms with Crippen molar-refractivity contribution in [3.05, 3.63) is 71.0 Å². The highest BCUT2D eigenvalue weighted by atomic mass is 19.4. The molecule has 0 amide bonds. The van der Waals surface area contributed by atoms with Crippen molar-refractivity contribution in [3.63, 3.8) is 0 Å². The second kappa shape index (κ2) is 6.91. The lowest BCUT2D eigenvalue weighted by Gasteiger charge is -2.35. The number of hydrogen-bond acceptors (Lipinski definition) is 2. The number of halogens is 4. The number of rotatable bonds is 3. The van der Waals surface area contributed by atoms with Crippen LogP contribution in [0.15, 0.2) is 48.5 Å². The predicted octanol–water partition coefficient (Wildman–Crippen LogP) is 3.84. The van der Waals surface area contributed by atoms with Gasteiger partial charge in [0.2, 0.25) is 0 Å². The van der Waals surface area contributed by atoms with E-state index < -0.39 is 11.7 Å². The number of nitrogens with zero attached hydrogens (tertiary/aromatic N) is 1. The van der Waals surface area contributed by atoms with Crippen LogP contribution in [0, 0.1) is 5.82 Å². The third-order valence-electron chi connectivity index (χ3n) is 4.23. The van der Waals surface area contributed by atoms with Gasteiger partial charge in [-0.25, -0.2) is 4.39 Å². The van der Waals surface area contributed by atoms with Gasteiger partial charge in [0.15, 0.2) is 0 Å². The van der Waals surface area contributed by atoms with Crippen molar-refractivity contribution in [2.24, 2.45) is 0 Å². The van der Waals surface area contributed by atoms with Gasteiger partial charge in [0.25, 0.3) is 0 Å². The Kier molecular flexibility index (Phi) is 4.87. The summed E-state index contributed by atoms with van der Waals surface area (Å²) < 4.78 is 52.4. The third-order valence-corrected chi connectivity index (χ3v) is 4.23. The first-order chi connectivity index (χ1) is 11.4. The highest BCUT2D eigenvalue weighted by Crippen LogP contribution is 2.34. The van der Waals surface area contributed by atoms with Crippen molar-refractivity contribution < 1.29 is 17.6 Å². The second-order valence-corrected chi connectivity index (χ2v) is 5.86. The van der Waals surface area contributed by atoms with Crippen LogP contribution in [0.4, 0.5) is 17.6 Å². The largest absolute Gasteiger partial charge is 0.416 e. The van der Waals surface area contributed by atoms with Crippen molar-refractivity contribution in [2.75, 3.05) is 26.2 Å². The fourth-order valence-corrected chi connectivity index (χ4v) is 3.08. The smallest absolute Gasteiger partial charge is 0.314 e. The van der Waals surface area contributed by atoms with Gasteiger partial charge in [-0.15, -0.1) is 0 Å². The molecule has 1 aliphatic rings. The average molecular weight is 338 g/mol. The van der Waals surface area contributed by atoms with Gasteiger partial charge in [-0.1, -0.05) is 24.3 Å². The van der Waals surface area contributed by atoms with Crippen LogP contribution in [0.5, 0.6) is 0 Å². The lowest BCUT2D eigenvalue weighted by Crippen LogP contribution is -2.45. The SMILES string of the molecule is Fc1ccc(C(c2cccc(C(F)(F)F)c2)N2CCNCC2)cc1. The van der Waals surface area contributed by atoms with E-state index >= 15 is 0 Å². The molecule has 24 heavy (non-hydrogen) atoms. The van der Waals surface area contributed by atoms with Gasteiger partial charge in [0.05, 0.1) is 11.6 Å². The molecule has 1 N–H and O–H groups in total. The van der Waals surface area contributed by atoms with Crippen LogP contribution in [0.2, 0.25) is 0 Å². The Morgan fingerprint density at radius 1 is 0.917 bits per heavy atom. The van der Waals surface area contributed by atoms with E-state index in [0.717, 1.165) is 37.8 Å². The lowest BCUT2D eigenvalue weighted by atomic mass is 9.95. The molecular weight excluding hydrogens is 320 g/mol. The molecule has 2 nitrogen and oxygen atoms in total. The molecule has 0 radical (unpaired) electrons. The van der Waals surface area contributed by atoms with Crippen molar-refractivity contribution in [2.45, 2.75) is 12.2 Å². The lowest BCUT2D eigenvalue weighted by molar-refractivity contribution is -0.137. The molecule has 3 rings (SSSR count). The van der Waals surface area contributed by atoms with E-state index in [1.165, 1.54) is 24.3 Å². The Morgan fingerprint density at radius 2 is 1.58 bits per heavy atom. The summed E-state index contributed by atoms with van der Waals surface area (Å²) in [6.07, 6.45) is -4.38. The summed E-state index contributed by atoms with van der Waals surface area (Å²) in [6.45, 7) is 2.99. The Labute approximate surface area is 138 Å². The molecule has 0 spiro atoms. The molecule has 128 valence electrons. The van der Waals surface area contributed by atoms with Crippen LogP contribution >= 0.6 is 0 Å². The van der Waals surface area contributed by atoms with E-state index in [1.54, 1.807) is 18.2 Å². The number of hydrogen-bond donors (Lipinski definition) is 1. The van der Waals surface area contributed by atoms with Gasteiger partial charge in [-0.3, -0.25) is 4.90 Å². The zero-order valence-corrected chi connectivity index (χ0v) is 13.0. The summed E-state index contributed by atoms with van der Waals surface area (Å²) in [5.41, 5.74) is 0.693. The Morgan fingerprint density at radius 3 is 2.21 bits per heavy atom. The van der Waals surface area contributed by atoms with Gasteiger partial charge < -0.3 is 5.32 Å². The van der Waals surface area contributed by atoms with Crippen molar-refractivity contribution in [1.29, 1.82) is 0 Å². The van der Waals surface area contributed by atoms with E-state index in [1.807, 2.05) is 0 Å². The van der Waals surface area contributed by atoms with Crippen LogP contribution in [0.25, 0.3) is 0 Å². The maximum Gasteiger partial charge on any atom is 0.416 e. The van der Waals surface area contributed by atoms with E-state index in [4.69, 9.17) is 0 Å². The van der Waals surface area contributed by atoms with Gasteiger partial charge in [-0.05, 0) is 35.4 Å². The minimum Gasteiger partial charge on any atom is -0.314 e. The van der Waals surface area contributed by atoms with Crippen molar-refractivity contribution in [1.82, 2.24) is 10.2 Å². The summed E-state index contributed by atoms with van der Waals surface area (Å²) in [5, 5.41) is 3.24. The fraction of sp³-hybridized carbons (Fsp3) is 0.333. The highest BCUT2D eigenvalue weighted by Gasteiger charge is 2.32. The molecule has 0 aromatic heterocycles. The van der Waals surface area contributed by atoms with E-state index in [0.29, 0.717) is 5.56 Å². The summed E-state index contributed by atoms with van der Waals surface area (Å²) in [7, 11) is 0. The van der Waals surface area contributed by atoms with Crippen LogP contribution in [-0.4, -0.2) is 31.1 Å². The van der Waals surface area contributed by atoms with Crippen LogP contribution < -0.4 is 5.32 Å². The quantitative estimate of drug-likeness (QED) is 0.856. The Balaban J connectivity index is 2.02. The molecule has 6 heteroatoms. The molecular formula is C18H18F4N2. The van der Waals surface area contributed by atoms with Gasteiger partial charge in [-0.2, -0.15) is 13.2 Å². The summed E-state index contributed by atoms with van der Waals surface area (Å²) in [5.74, 6) is -0.359. The molecule has 1 heterocycles. The molecule has 1 aliphatic heterocycles. The zero-order chi connectivity index (χ0) is 17.2. The molecule has 1 saturated heterocycles. The molecule has 1 atom stereocenters. The number of nitrogens with one attached hydrogen (secondary N) is 1. The minimum atomic E-state index is -4.38. The summed E-state index contributed by atoms with van der Waals surface area (Å²) >= 11 is 0. The monoisotopic (exact) mass is 338 g/mol.